The second-order valence-electron chi connectivity index (χ2n) is 5.43. The van der Waals surface area contributed by atoms with Crippen LogP contribution in [0.1, 0.15) is 40.0 Å². The lowest BCUT2D eigenvalue weighted by Crippen LogP contribution is -2.36. The number of aliphatic carboxylic acids is 1. The predicted molar refractivity (Wildman–Crippen MR) is 59.8 cm³/mol. The van der Waals surface area contributed by atoms with Crippen molar-refractivity contribution in [2.45, 2.75) is 51.7 Å². The first-order valence-corrected chi connectivity index (χ1v) is 5.74. The van der Waals surface area contributed by atoms with E-state index in [1.54, 1.807) is 20.8 Å². The highest BCUT2D eigenvalue weighted by molar-refractivity contribution is 5.68. The fourth-order valence-corrected chi connectivity index (χ4v) is 1.92. The van der Waals surface area contributed by atoms with Gasteiger partial charge < -0.3 is 14.6 Å². The van der Waals surface area contributed by atoms with Crippen molar-refractivity contribution in [3.8, 4) is 0 Å². The summed E-state index contributed by atoms with van der Waals surface area (Å²) < 4.78 is 6.41. The van der Waals surface area contributed by atoms with E-state index in [0.717, 1.165) is 0 Å². The molecule has 17 heavy (non-hydrogen) atoms. The Balaban J connectivity index is 2.55. The smallest absolute Gasteiger partial charge is 0.550 e. The average molecular weight is 241 g/mol. The van der Waals surface area contributed by atoms with Gasteiger partial charge in [-0.15, -0.1) is 4.58 Å². The van der Waals surface area contributed by atoms with Crippen molar-refractivity contribution in [1.29, 1.82) is 0 Å². The van der Waals surface area contributed by atoms with Crippen molar-refractivity contribution >= 4 is 18.8 Å². The van der Waals surface area contributed by atoms with Crippen molar-refractivity contribution in [3.05, 3.63) is 0 Å². The van der Waals surface area contributed by atoms with E-state index in [4.69, 9.17) is 4.74 Å². The minimum atomic E-state index is -1.05. The van der Waals surface area contributed by atoms with Gasteiger partial charge in [-0.2, -0.15) is 4.79 Å². The van der Waals surface area contributed by atoms with Crippen LogP contribution >= 0.6 is 0 Å². The van der Waals surface area contributed by atoms with Gasteiger partial charge in [-0.1, -0.05) is 0 Å². The molecule has 1 amide bonds. The lowest BCUT2D eigenvalue weighted by Gasteiger charge is -2.18. The Bertz CT molecular complexity index is 343. The molecule has 0 bridgehead atoms. The topological polar surface area (TPSA) is 69.4 Å². The van der Waals surface area contributed by atoms with Crippen molar-refractivity contribution in [2.75, 3.05) is 0 Å². The monoisotopic (exact) mass is 241 g/mol. The Morgan fingerprint density at radius 2 is 1.94 bits per heavy atom. The van der Waals surface area contributed by atoms with Crippen molar-refractivity contribution in [2.24, 2.45) is 5.92 Å². The van der Waals surface area contributed by atoms with Crippen LogP contribution in [0, 0.1) is 5.92 Å². The summed E-state index contributed by atoms with van der Waals surface area (Å²) in [5, 5.41) is 10.7. The Kier molecular flexibility index (Phi) is 3.91. The molecule has 0 saturated heterocycles. The van der Waals surface area contributed by atoms with E-state index in [1.165, 1.54) is 4.58 Å². The molecule has 0 heterocycles. The van der Waals surface area contributed by atoms with E-state index in [1.807, 2.05) is 0 Å². The number of hydrogen-bond acceptors (Lipinski definition) is 4. The molecule has 1 unspecified atom stereocenters. The van der Waals surface area contributed by atoms with E-state index in [9.17, 15) is 14.7 Å². The maximum atomic E-state index is 11.7. The van der Waals surface area contributed by atoms with Gasteiger partial charge >= 0.3 is 6.09 Å². The lowest BCUT2D eigenvalue weighted by atomic mass is 10.1. The van der Waals surface area contributed by atoms with Crippen molar-refractivity contribution in [3.63, 3.8) is 0 Å². The highest BCUT2D eigenvalue weighted by Gasteiger charge is 2.37. The Morgan fingerprint density at radius 3 is 2.35 bits per heavy atom. The number of hydrogen-bond donors (Lipinski definition) is 0. The van der Waals surface area contributed by atoms with Crippen LogP contribution in [0.25, 0.3) is 0 Å². The first-order chi connectivity index (χ1) is 7.70. The number of ether oxygens (including phenoxy) is 1. The van der Waals surface area contributed by atoms with E-state index in [-0.39, 0.29) is 6.04 Å². The van der Waals surface area contributed by atoms with Crippen LogP contribution in [0.4, 0.5) is 4.79 Å². The molecule has 0 spiro atoms. The van der Waals surface area contributed by atoms with Gasteiger partial charge in [0, 0.05) is 24.7 Å². The molecular formula is C12H19NO4. The highest BCUT2D eigenvalue weighted by atomic mass is 16.6. The molecule has 0 aromatic heterocycles. The minimum absolute atomic E-state index is 0.173. The van der Waals surface area contributed by atoms with Gasteiger partial charge in [0.1, 0.15) is 12.3 Å². The molecule has 1 rings (SSSR count). The Hall–Kier alpha value is -1.39. The van der Waals surface area contributed by atoms with Crippen LogP contribution in [0.15, 0.2) is 0 Å². The van der Waals surface area contributed by atoms with E-state index in [2.05, 4.69) is 6.72 Å². The molecule has 0 N–H and O–H groups in total. The van der Waals surface area contributed by atoms with Crippen LogP contribution in [0.5, 0.6) is 0 Å². The van der Waals surface area contributed by atoms with E-state index < -0.39 is 23.6 Å². The number of carboxylic acid groups (broad SMARTS) is 1. The summed E-state index contributed by atoms with van der Waals surface area (Å²) in [4.78, 5) is 22.4. The summed E-state index contributed by atoms with van der Waals surface area (Å²) in [6.45, 7) is 8.97. The zero-order valence-corrected chi connectivity index (χ0v) is 10.6. The van der Waals surface area contributed by atoms with Gasteiger partial charge in [-0.05, 0) is 27.2 Å². The van der Waals surface area contributed by atoms with Gasteiger partial charge in [0.25, 0.3) is 0 Å². The number of carboxylic acids is 1. The molecule has 1 aliphatic rings. The van der Waals surface area contributed by atoms with Gasteiger partial charge in [0.15, 0.2) is 6.04 Å². The van der Waals surface area contributed by atoms with Gasteiger partial charge in [0.05, 0.1) is 0 Å². The number of carbonyl (C=O) groups is 2. The summed E-state index contributed by atoms with van der Waals surface area (Å²) >= 11 is 0. The van der Waals surface area contributed by atoms with Crippen LogP contribution in [0.2, 0.25) is 0 Å². The van der Waals surface area contributed by atoms with E-state index in [0.29, 0.717) is 19.3 Å². The fraction of sp³-hybridized carbons (Fsp3) is 0.750. The summed E-state index contributed by atoms with van der Waals surface area (Å²) in [5.41, 5.74) is -0.570. The van der Waals surface area contributed by atoms with Crippen LogP contribution < -0.4 is 5.11 Å². The molecule has 0 aromatic carbocycles. The zero-order valence-electron chi connectivity index (χ0n) is 10.6. The third kappa shape index (κ3) is 3.84. The predicted octanol–water partition coefficient (Wildman–Crippen LogP) is 0.553. The van der Waals surface area contributed by atoms with Crippen LogP contribution in [0.3, 0.4) is 0 Å². The average Bonchev–Trinajstić information content (AvgIpc) is 2.62. The molecule has 5 heteroatoms. The fourth-order valence-electron chi connectivity index (χ4n) is 1.92. The molecule has 2 atom stereocenters. The number of rotatable bonds is 2. The van der Waals surface area contributed by atoms with Crippen molar-refractivity contribution in [1.82, 2.24) is 0 Å². The minimum Gasteiger partial charge on any atom is -0.550 e. The summed E-state index contributed by atoms with van der Waals surface area (Å²) in [6.07, 6.45) is 1.04. The third-order valence-electron chi connectivity index (χ3n) is 2.81. The zero-order chi connectivity index (χ0) is 13.2. The highest BCUT2D eigenvalue weighted by Crippen LogP contribution is 2.27. The standard InChI is InChI=1S/C12H19NO4/c1-12(2,3)17-11(16)13(4)9-6-5-8(7-9)10(14)15/h8-9H,4-7H2,1-3H3/t8-,9?/m0/s1. The van der Waals surface area contributed by atoms with Gasteiger partial charge in [-0.25, -0.2) is 0 Å². The van der Waals surface area contributed by atoms with Gasteiger partial charge in [0.2, 0.25) is 0 Å². The number of amides is 1. The molecular weight excluding hydrogens is 222 g/mol. The quantitative estimate of drug-likeness (QED) is 0.523. The Labute approximate surface area is 101 Å². The molecule has 1 aliphatic carbocycles. The lowest BCUT2D eigenvalue weighted by molar-refractivity contribution is -0.482. The van der Waals surface area contributed by atoms with Crippen LogP contribution in [-0.4, -0.2) is 35.0 Å². The molecule has 96 valence electrons. The van der Waals surface area contributed by atoms with Crippen LogP contribution in [-0.2, 0) is 9.53 Å². The normalized spacial score (nSPS) is 24.4. The molecule has 0 aliphatic heterocycles. The molecule has 0 aromatic rings. The summed E-state index contributed by atoms with van der Waals surface area (Å²) in [5.74, 6) is -1.53. The second kappa shape index (κ2) is 4.85. The molecule has 1 fully saturated rings. The number of carbonyl (C=O) groups excluding carboxylic acids is 2. The SMILES string of the molecule is C=[N+](C(=O)OC(C)(C)C)C1CC[C@H](C(=O)[O-])C1. The molecule has 1 saturated carbocycles. The summed E-state index contributed by atoms with van der Waals surface area (Å²) in [7, 11) is 0. The van der Waals surface area contributed by atoms with Gasteiger partial charge in [-0.3, -0.25) is 0 Å². The first-order valence-electron chi connectivity index (χ1n) is 5.74. The van der Waals surface area contributed by atoms with Crippen molar-refractivity contribution < 1.29 is 24.0 Å². The van der Waals surface area contributed by atoms with E-state index >= 15 is 0 Å². The maximum Gasteiger partial charge on any atom is 0.596 e. The molecule has 0 radical (unpaired) electrons. The Morgan fingerprint density at radius 1 is 1.35 bits per heavy atom. The largest absolute Gasteiger partial charge is 0.596 e. The summed E-state index contributed by atoms with van der Waals surface area (Å²) in [6, 6.07) is -0.173. The second-order valence-corrected chi connectivity index (χ2v) is 5.43. The first kappa shape index (κ1) is 13.7. The maximum absolute atomic E-state index is 11.7. The third-order valence-corrected chi connectivity index (χ3v) is 2.81. The molecule has 5 nitrogen and oxygen atoms in total. The number of nitrogens with zero attached hydrogens (tertiary/aromatic N) is 1.